The van der Waals surface area contributed by atoms with E-state index in [1.165, 1.54) is 12.4 Å². The van der Waals surface area contributed by atoms with Crippen molar-refractivity contribution >= 4 is 23.4 Å². The molecule has 2 aromatic rings. The SMILES string of the molecule is Cc1cc(C)c(NC(=O)COC(=O)c2nccnc2N)c(C)c1. The number of aryl methyl sites for hydroxylation is 3. The first-order valence-electron chi connectivity index (χ1n) is 6.99. The molecule has 0 radical (unpaired) electrons. The summed E-state index contributed by atoms with van der Waals surface area (Å²) in [6.45, 7) is 5.37. The third-order valence-electron chi connectivity index (χ3n) is 3.20. The third kappa shape index (κ3) is 4.03. The molecule has 0 atom stereocenters. The lowest BCUT2D eigenvalue weighted by molar-refractivity contribution is -0.119. The molecule has 2 rings (SSSR count). The lowest BCUT2D eigenvalue weighted by atomic mass is 10.1. The van der Waals surface area contributed by atoms with Crippen LogP contribution in [0.5, 0.6) is 0 Å². The van der Waals surface area contributed by atoms with Gasteiger partial charge in [-0.25, -0.2) is 14.8 Å². The van der Waals surface area contributed by atoms with Crippen LogP contribution >= 0.6 is 0 Å². The van der Waals surface area contributed by atoms with E-state index in [1.54, 1.807) is 0 Å². The molecule has 0 saturated heterocycles. The van der Waals surface area contributed by atoms with Crippen molar-refractivity contribution in [2.75, 3.05) is 17.7 Å². The first-order valence-corrected chi connectivity index (χ1v) is 6.99. The Balaban J connectivity index is 1.99. The van der Waals surface area contributed by atoms with Crippen LogP contribution in [-0.2, 0) is 9.53 Å². The molecule has 7 nitrogen and oxygen atoms in total. The number of ether oxygens (including phenoxy) is 1. The van der Waals surface area contributed by atoms with Gasteiger partial charge in [0.05, 0.1) is 0 Å². The van der Waals surface area contributed by atoms with Gasteiger partial charge in [0.25, 0.3) is 5.91 Å². The Hall–Kier alpha value is -2.96. The largest absolute Gasteiger partial charge is 0.451 e. The zero-order chi connectivity index (χ0) is 17.0. The van der Waals surface area contributed by atoms with E-state index in [2.05, 4.69) is 15.3 Å². The predicted octanol–water partition coefficient (Wildman–Crippen LogP) is 1.78. The fraction of sp³-hybridized carbons (Fsp3) is 0.250. The molecule has 23 heavy (non-hydrogen) atoms. The molecule has 0 aliphatic carbocycles. The van der Waals surface area contributed by atoms with Crippen LogP contribution in [0.15, 0.2) is 24.5 Å². The average Bonchev–Trinajstić information content (AvgIpc) is 2.49. The Morgan fingerprint density at radius 3 is 2.35 bits per heavy atom. The average molecular weight is 314 g/mol. The molecule has 0 spiro atoms. The highest BCUT2D eigenvalue weighted by atomic mass is 16.5. The number of carbonyl (C=O) groups is 2. The molecule has 7 heteroatoms. The summed E-state index contributed by atoms with van der Waals surface area (Å²) in [5.41, 5.74) is 9.14. The number of hydrogen-bond acceptors (Lipinski definition) is 6. The highest BCUT2D eigenvalue weighted by Gasteiger charge is 2.16. The van der Waals surface area contributed by atoms with E-state index in [-0.39, 0.29) is 11.5 Å². The van der Waals surface area contributed by atoms with E-state index in [0.717, 1.165) is 22.4 Å². The molecule has 0 aliphatic heterocycles. The minimum atomic E-state index is -0.789. The summed E-state index contributed by atoms with van der Waals surface area (Å²) >= 11 is 0. The van der Waals surface area contributed by atoms with E-state index in [9.17, 15) is 9.59 Å². The molecule has 1 amide bonds. The van der Waals surface area contributed by atoms with Gasteiger partial charge in [-0.3, -0.25) is 4.79 Å². The van der Waals surface area contributed by atoms with Gasteiger partial charge < -0.3 is 15.8 Å². The van der Waals surface area contributed by atoms with Crippen LogP contribution in [0.1, 0.15) is 27.2 Å². The van der Waals surface area contributed by atoms with Crippen LogP contribution in [0, 0.1) is 20.8 Å². The van der Waals surface area contributed by atoms with Crippen LogP contribution in [-0.4, -0.2) is 28.5 Å². The van der Waals surface area contributed by atoms with Gasteiger partial charge in [0.15, 0.2) is 18.1 Å². The summed E-state index contributed by atoms with van der Waals surface area (Å²) in [5, 5.41) is 2.74. The van der Waals surface area contributed by atoms with Gasteiger partial charge in [-0.1, -0.05) is 17.7 Å². The maximum atomic E-state index is 12.0. The maximum absolute atomic E-state index is 12.0. The second-order valence-corrected chi connectivity index (χ2v) is 5.19. The molecular weight excluding hydrogens is 296 g/mol. The molecule has 0 saturated carbocycles. The first kappa shape index (κ1) is 16.4. The third-order valence-corrected chi connectivity index (χ3v) is 3.20. The number of amides is 1. The highest BCUT2D eigenvalue weighted by molar-refractivity contribution is 5.97. The van der Waals surface area contributed by atoms with Crippen molar-refractivity contribution in [3.05, 3.63) is 46.9 Å². The second-order valence-electron chi connectivity index (χ2n) is 5.19. The molecule has 120 valence electrons. The van der Waals surface area contributed by atoms with Crippen LogP contribution in [0.4, 0.5) is 11.5 Å². The number of anilines is 2. The van der Waals surface area contributed by atoms with E-state index in [1.807, 2.05) is 32.9 Å². The van der Waals surface area contributed by atoms with Gasteiger partial charge in [-0.05, 0) is 31.9 Å². The number of nitrogens with zero attached hydrogens (tertiary/aromatic N) is 2. The number of hydrogen-bond donors (Lipinski definition) is 2. The minimum Gasteiger partial charge on any atom is -0.451 e. The molecule has 0 unspecified atom stereocenters. The van der Waals surface area contributed by atoms with Crippen LogP contribution in [0.2, 0.25) is 0 Å². The summed E-state index contributed by atoms with van der Waals surface area (Å²) in [5.74, 6) is -1.26. The molecule has 1 aromatic heterocycles. The van der Waals surface area contributed by atoms with Crippen molar-refractivity contribution in [3.63, 3.8) is 0 Å². The zero-order valence-corrected chi connectivity index (χ0v) is 13.2. The van der Waals surface area contributed by atoms with Gasteiger partial charge in [0, 0.05) is 18.1 Å². The van der Waals surface area contributed by atoms with E-state index in [4.69, 9.17) is 10.5 Å². The normalized spacial score (nSPS) is 10.2. The Kier molecular flexibility index (Phi) is 4.90. The maximum Gasteiger partial charge on any atom is 0.361 e. The predicted molar refractivity (Wildman–Crippen MR) is 86.0 cm³/mol. The molecule has 1 aromatic carbocycles. The molecule has 3 N–H and O–H groups in total. The number of rotatable bonds is 4. The van der Waals surface area contributed by atoms with Crippen molar-refractivity contribution in [1.82, 2.24) is 9.97 Å². The minimum absolute atomic E-state index is 0.0388. The van der Waals surface area contributed by atoms with Gasteiger partial charge >= 0.3 is 5.97 Å². The Morgan fingerprint density at radius 1 is 1.13 bits per heavy atom. The van der Waals surface area contributed by atoms with Crippen LogP contribution < -0.4 is 11.1 Å². The number of aromatic nitrogens is 2. The van der Waals surface area contributed by atoms with Gasteiger partial charge in [-0.15, -0.1) is 0 Å². The number of nitrogens with one attached hydrogen (secondary N) is 1. The number of nitrogen functional groups attached to an aromatic ring is 1. The van der Waals surface area contributed by atoms with Crippen molar-refractivity contribution in [2.45, 2.75) is 20.8 Å². The monoisotopic (exact) mass is 314 g/mol. The summed E-state index contributed by atoms with van der Waals surface area (Å²) in [7, 11) is 0. The fourth-order valence-corrected chi connectivity index (χ4v) is 2.26. The van der Waals surface area contributed by atoms with Crippen molar-refractivity contribution in [2.24, 2.45) is 0 Å². The smallest absolute Gasteiger partial charge is 0.361 e. The number of benzene rings is 1. The van der Waals surface area contributed by atoms with E-state index >= 15 is 0 Å². The quantitative estimate of drug-likeness (QED) is 0.833. The molecule has 0 fully saturated rings. The van der Waals surface area contributed by atoms with Crippen molar-refractivity contribution in [3.8, 4) is 0 Å². The van der Waals surface area contributed by atoms with Crippen LogP contribution in [0.3, 0.4) is 0 Å². The topological polar surface area (TPSA) is 107 Å². The highest BCUT2D eigenvalue weighted by Crippen LogP contribution is 2.21. The summed E-state index contributed by atoms with van der Waals surface area (Å²) < 4.78 is 4.91. The molecule has 0 bridgehead atoms. The van der Waals surface area contributed by atoms with Crippen molar-refractivity contribution < 1.29 is 14.3 Å². The Labute approximate surface area is 133 Å². The summed E-state index contributed by atoms with van der Waals surface area (Å²) in [4.78, 5) is 31.3. The number of nitrogens with two attached hydrogens (primary N) is 1. The fourth-order valence-electron chi connectivity index (χ4n) is 2.26. The van der Waals surface area contributed by atoms with E-state index < -0.39 is 18.5 Å². The number of esters is 1. The number of carbonyl (C=O) groups excluding carboxylic acids is 2. The summed E-state index contributed by atoms with van der Waals surface area (Å²) in [6.07, 6.45) is 2.69. The van der Waals surface area contributed by atoms with Crippen molar-refractivity contribution in [1.29, 1.82) is 0 Å². The van der Waals surface area contributed by atoms with Gasteiger partial charge in [0.2, 0.25) is 0 Å². The van der Waals surface area contributed by atoms with E-state index in [0.29, 0.717) is 0 Å². The lowest BCUT2D eigenvalue weighted by Gasteiger charge is -2.13. The molecule has 0 aliphatic rings. The van der Waals surface area contributed by atoms with Gasteiger partial charge in [-0.2, -0.15) is 0 Å². The second kappa shape index (κ2) is 6.87. The Bertz CT molecular complexity index is 736. The molecular formula is C16H18N4O3. The summed E-state index contributed by atoms with van der Waals surface area (Å²) in [6, 6.07) is 3.93. The van der Waals surface area contributed by atoms with Crippen LogP contribution in [0.25, 0.3) is 0 Å². The first-order chi connectivity index (χ1) is 10.9. The van der Waals surface area contributed by atoms with Gasteiger partial charge in [0.1, 0.15) is 0 Å². The lowest BCUT2D eigenvalue weighted by Crippen LogP contribution is -2.22. The standard InChI is InChI=1S/C16H18N4O3/c1-9-6-10(2)13(11(3)7-9)20-12(21)8-23-16(22)14-15(17)19-5-4-18-14/h4-7H,8H2,1-3H3,(H2,17,19)(H,20,21). The molecule has 1 heterocycles. The Morgan fingerprint density at radius 2 is 1.74 bits per heavy atom. The zero-order valence-electron chi connectivity index (χ0n) is 13.2.